The lowest BCUT2D eigenvalue weighted by Crippen LogP contribution is -2.38. The number of aromatic amines is 2. The van der Waals surface area contributed by atoms with Crippen LogP contribution >= 0.6 is 0 Å². The summed E-state index contributed by atoms with van der Waals surface area (Å²) >= 11 is 0. The highest BCUT2D eigenvalue weighted by Crippen LogP contribution is 2.54. The highest BCUT2D eigenvalue weighted by atomic mass is 16.6. The zero-order chi connectivity index (χ0) is 36.1. The van der Waals surface area contributed by atoms with Crippen molar-refractivity contribution in [2.24, 2.45) is 11.8 Å². The molecule has 2 saturated carbocycles. The summed E-state index contributed by atoms with van der Waals surface area (Å²) in [6, 6.07) is 21.7. The summed E-state index contributed by atoms with van der Waals surface area (Å²) in [5.74, 6) is 2.67. The van der Waals surface area contributed by atoms with Crippen LogP contribution in [0.5, 0.6) is 0 Å². The normalized spacial score (nSPS) is 24.9. The van der Waals surface area contributed by atoms with Gasteiger partial charge in [0.15, 0.2) is 0 Å². The third-order valence-electron chi connectivity index (χ3n) is 10.9. The molecule has 0 spiro atoms. The molecule has 6 atom stereocenters. The second kappa shape index (κ2) is 11.7. The number of ether oxygens (including phenoxy) is 2. The number of aromatic nitrogens is 4. The molecule has 4 fully saturated rings. The summed E-state index contributed by atoms with van der Waals surface area (Å²) in [4.78, 5) is 46.7. The van der Waals surface area contributed by atoms with Crippen LogP contribution in [0.1, 0.15) is 91.0 Å². The number of benzene rings is 3. The van der Waals surface area contributed by atoms with Gasteiger partial charge in [-0.05, 0) is 119 Å². The molecule has 2 N–H and O–H groups in total. The highest BCUT2D eigenvalue weighted by molar-refractivity contribution is 5.91. The molecule has 2 saturated heterocycles. The lowest BCUT2D eigenvalue weighted by molar-refractivity contribution is 0.0164. The Hall–Kier alpha value is -5.12. The Kier molecular flexibility index (Phi) is 7.37. The fraction of sp³-hybridized carbons (Fsp3) is 0.429. The Bertz CT molecular complexity index is 2210. The van der Waals surface area contributed by atoms with Crippen LogP contribution in [0.4, 0.5) is 9.59 Å². The Labute approximate surface area is 303 Å². The van der Waals surface area contributed by atoms with E-state index >= 15 is 0 Å². The number of hydrogen-bond donors (Lipinski definition) is 2. The zero-order valence-corrected chi connectivity index (χ0v) is 30.6. The number of nitrogens with one attached hydrogen (secondary N) is 2. The van der Waals surface area contributed by atoms with E-state index < -0.39 is 11.2 Å². The standard InChI is InChI=1S/C42H46N6O4/c1-41(2,3)51-39(49)47-33-17-29(33)19-35(47)37-43-21-31(45-37)27-9-7-8-23(15-27)24-10-11-26-16-28(13-12-25(26)14-24)32-22-44-38(46-32)36-20-30-18-34(30)48(36)40(50)52-42(4,5)6/h7-16,21-22,29-30,33-36H,17-20H2,1-6H3,(H,43,45)(H,44,46)/t29?,30-,33-,34-,35+,36?/m1/s1. The molecule has 3 aromatic carbocycles. The van der Waals surface area contributed by atoms with Gasteiger partial charge < -0.3 is 19.4 Å². The molecule has 2 amide bonds. The fourth-order valence-electron chi connectivity index (χ4n) is 8.31. The van der Waals surface area contributed by atoms with E-state index in [9.17, 15) is 9.59 Å². The largest absolute Gasteiger partial charge is 0.444 e. The monoisotopic (exact) mass is 698 g/mol. The molecule has 10 nitrogen and oxygen atoms in total. The molecule has 5 aromatic rings. The maximum absolute atomic E-state index is 13.1. The molecule has 52 heavy (non-hydrogen) atoms. The molecule has 2 aliphatic carbocycles. The maximum atomic E-state index is 13.1. The topological polar surface area (TPSA) is 116 Å². The van der Waals surface area contributed by atoms with Gasteiger partial charge in [-0.25, -0.2) is 19.6 Å². The van der Waals surface area contributed by atoms with Crippen molar-refractivity contribution in [1.29, 1.82) is 0 Å². The predicted octanol–water partition coefficient (Wildman–Crippen LogP) is 9.43. The van der Waals surface area contributed by atoms with Gasteiger partial charge in [-0.3, -0.25) is 9.80 Å². The Morgan fingerprint density at radius 1 is 0.615 bits per heavy atom. The molecule has 0 radical (unpaired) electrons. The van der Waals surface area contributed by atoms with Crippen LogP contribution in [0.25, 0.3) is 44.4 Å². The second-order valence-corrected chi connectivity index (χ2v) is 17.1. The average molecular weight is 699 g/mol. The van der Waals surface area contributed by atoms with Gasteiger partial charge in [0, 0.05) is 35.6 Å². The number of carbonyl (C=O) groups excluding carboxylic acids is 2. The van der Waals surface area contributed by atoms with Crippen molar-refractivity contribution < 1.29 is 19.1 Å². The maximum Gasteiger partial charge on any atom is 0.411 e. The summed E-state index contributed by atoms with van der Waals surface area (Å²) in [5, 5.41) is 2.26. The fourth-order valence-corrected chi connectivity index (χ4v) is 8.31. The Morgan fingerprint density at radius 3 is 1.58 bits per heavy atom. The van der Waals surface area contributed by atoms with Crippen molar-refractivity contribution in [3.63, 3.8) is 0 Å². The number of carbonyl (C=O) groups is 2. The summed E-state index contributed by atoms with van der Waals surface area (Å²) in [6.07, 6.45) is 7.28. The van der Waals surface area contributed by atoms with Gasteiger partial charge >= 0.3 is 12.2 Å². The van der Waals surface area contributed by atoms with Gasteiger partial charge in [0.05, 0.1) is 23.5 Å². The smallest absolute Gasteiger partial charge is 0.411 e. The van der Waals surface area contributed by atoms with E-state index in [-0.39, 0.29) is 36.4 Å². The number of hydrogen-bond acceptors (Lipinski definition) is 6. The number of fused-ring (bicyclic) bond motifs is 3. The van der Waals surface area contributed by atoms with Crippen LogP contribution in [0.3, 0.4) is 0 Å². The molecular weight excluding hydrogens is 652 g/mol. The summed E-state index contributed by atoms with van der Waals surface area (Å²) < 4.78 is 11.5. The molecule has 10 heteroatoms. The zero-order valence-electron chi connectivity index (χ0n) is 30.6. The Balaban J connectivity index is 0.919. The Morgan fingerprint density at radius 2 is 1.06 bits per heavy atom. The van der Waals surface area contributed by atoms with Crippen molar-refractivity contribution in [2.45, 2.75) is 103 Å². The third-order valence-corrected chi connectivity index (χ3v) is 10.9. The van der Waals surface area contributed by atoms with E-state index in [1.165, 1.54) is 0 Å². The van der Waals surface area contributed by atoms with E-state index in [2.05, 4.69) is 70.6 Å². The highest BCUT2D eigenvalue weighted by Gasteiger charge is 2.57. The van der Waals surface area contributed by atoms with Crippen LogP contribution in [-0.4, -0.2) is 65.2 Å². The minimum absolute atomic E-state index is 0.0978. The van der Waals surface area contributed by atoms with Crippen molar-refractivity contribution in [1.82, 2.24) is 29.7 Å². The lowest BCUT2D eigenvalue weighted by atomic mass is 9.98. The van der Waals surface area contributed by atoms with Gasteiger partial charge in [0.25, 0.3) is 0 Å². The van der Waals surface area contributed by atoms with Gasteiger partial charge in [-0.1, -0.05) is 42.5 Å². The SMILES string of the molecule is CC(C)(C)OC(=O)N1C(c2nc(-c3ccc4cc(-c5cccc(-c6c[nH]c([C@@H]7CC8C[C@H]8N7C(=O)OC(C)(C)C)n6)c5)ccc4c3)c[nH]2)C[C@H]2C[C@H]21. The first kappa shape index (κ1) is 32.8. The van der Waals surface area contributed by atoms with Crippen LogP contribution < -0.4 is 0 Å². The molecule has 2 unspecified atom stereocenters. The molecular formula is C42H46N6O4. The van der Waals surface area contributed by atoms with E-state index in [1.54, 1.807) is 0 Å². The first-order chi connectivity index (χ1) is 24.8. The van der Waals surface area contributed by atoms with E-state index in [0.29, 0.717) is 11.8 Å². The number of likely N-dealkylation sites (tertiary alicyclic amines) is 2. The summed E-state index contributed by atoms with van der Waals surface area (Å²) in [7, 11) is 0. The number of imidazole rings is 2. The quantitative estimate of drug-likeness (QED) is 0.189. The minimum atomic E-state index is -0.540. The van der Waals surface area contributed by atoms with Gasteiger partial charge in [-0.2, -0.15) is 0 Å². The number of piperidine rings is 2. The van der Waals surface area contributed by atoms with Crippen molar-refractivity contribution in [2.75, 3.05) is 0 Å². The molecule has 9 rings (SSSR count). The predicted molar refractivity (Wildman–Crippen MR) is 199 cm³/mol. The van der Waals surface area contributed by atoms with Crippen molar-refractivity contribution in [3.8, 4) is 33.6 Å². The third kappa shape index (κ3) is 6.11. The van der Waals surface area contributed by atoms with Crippen LogP contribution in [0, 0.1) is 11.8 Å². The van der Waals surface area contributed by atoms with Crippen LogP contribution in [-0.2, 0) is 9.47 Å². The van der Waals surface area contributed by atoms with Crippen LogP contribution in [0.2, 0.25) is 0 Å². The van der Waals surface area contributed by atoms with E-state index in [4.69, 9.17) is 19.4 Å². The van der Waals surface area contributed by atoms with Gasteiger partial charge in [-0.15, -0.1) is 0 Å². The number of rotatable bonds is 5. The average Bonchev–Trinajstić information content (AvgIpc) is 3.68. The van der Waals surface area contributed by atoms with E-state index in [0.717, 1.165) is 81.7 Å². The summed E-state index contributed by atoms with van der Waals surface area (Å²) in [6.45, 7) is 11.4. The number of amides is 2. The molecule has 0 bridgehead atoms. The van der Waals surface area contributed by atoms with Crippen molar-refractivity contribution >= 4 is 23.0 Å². The van der Waals surface area contributed by atoms with Crippen LogP contribution in [0.15, 0.2) is 73.1 Å². The first-order valence-electron chi connectivity index (χ1n) is 18.6. The molecule has 2 aromatic heterocycles. The molecule has 4 aliphatic rings. The molecule has 2 aliphatic heterocycles. The van der Waals surface area contributed by atoms with E-state index in [1.807, 2.05) is 63.7 Å². The van der Waals surface area contributed by atoms with Gasteiger partial charge in [0.2, 0.25) is 0 Å². The minimum Gasteiger partial charge on any atom is -0.444 e. The number of H-pyrrole nitrogens is 2. The number of nitrogens with zero attached hydrogens (tertiary/aromatic N) is 4. The lowest BCUT2D eigenvalue weighted by Gasteiger charge is -2.29. The second-order valence-electron chi connectivity index (χ2n) is 17.1. The van der Waals surface area contributed by atoms with Crippen molar-refractivity contribution in [3.05, 3.63) is 84.7 Å². The molecule has 4 heterocycles. The molecule has 268 valence electrons. The first-order valence-corrected chi connectivity index (χ1v) is 18.6. The van der Waals surface area contributed by atoms with Gasteiger partial charge in [0.1, 0.15) is 22.9 Å². The summed E-state index contributed by atoms with van der Waals surface area (Å²) in [5.41, 5.74) is 4.90.